The van der Waals surface area contributed by atoms with Gasteiger partial charge in [-0.2, -0.15) is 5.26 Å². The molecule has 0 radical (unpaired) electrons. The van der Waals surface area contributed by atoms with Crippen molar-refractivity contribution >= 4 is 23.3 Å². The van der Waals surface area contributed by atoms with Crippen molar-refractivity contribution in [2.75, 3.05) is 11.9 Å². The third-order valence-corrected chi connectivity index (χ3v) is 4.06. The second-order valence-corrected chi connectivity index (χ2v) is 7.15. The summed E-state index contributed by atoms with van der Waals surface area (Å²) in [5, 5.41) is 11.5. The first-order chi connectivity index (χ1) is 14.3. The number of hydrogen-bond donors (Lipinski definition) is 1. The molecule has 1 amide bonds. The molecular weight excluding hydrogens is 384 g/mol. The number of rotatable bonds is 9. The minimum atomic E-state index is -0.913. The second kappa shape index (κ2) is 10.8. The van der Waals surface area contributed by atoms with Gasteiger partial charge in [0.2, 0.25) is 5.91 Å². The first kappa shape index (κ1) is 22.6. The fourth-order valence-electron chi connectivity index (χ4n) is 2.52. The summed E-state index contributed by atoms with van der Waals surface area (Å²) in [7, 11) is 0. The maximum atomic E-state index is 12.2. The smallest absolute Gasteiger partial charge is 0.347 e. The van der Waals surface area contributed by atoms with E-state index in [1.165, 1.54) is 6.92 Å². The number of carbonyl (C=O) groups is 3. The fourth-order valence-corrected chi connectivity index (χ4v) is 2.52. The van der Waals surface area contributed by atoms with Crippen molar-refractivity contribution in [3.8, 4) is 11.8 Å². The molecule has 0 bridgehead atoms. The van der Waals surface area contributed by atoms with Crippen LogP contribution < -0.4 is 10.1 Å². The van der Waals surface area contributed by atoms with Crippen LogP contribution in [-0.2, 0) is 14.3 Å². The summed E-state index contributed by atoms with van der Waals surface area (Å²) in [5.41, 5.74) is 1.44. The molecule has 2 aromatic carbocycles. The maximum absolute atomic E-state index is 12.2. The topological polar surface area (TPSA) is 105 Å². The largest absolute Gasteiger partial charge is 0.479 e. The maximum Gasteiger partial charge on any atom is 0.347 e. The van der Waals surface area contributed by atoms with E-state index in [4.69, 9.17) is 14.7 Å². The molecule has 0 heterocycles. The van der Waals surface area contributed by atoms with Crippen molar-refractivity contribution in [3.63, 3.8) is 0 Å². The Balaban J connectivity index is 1.83. The van der Waals surface area contributed by atoms with Gasteiger partial charge in [0.1, 0.15) is 5.75 Å². The molecule has 0 aliphatic rings. The van der Waals surface area contributed by atoms with E-state index in [0.717, 1.165) is 0 Å². The van der Waals surface area contributed by atoms with Crippen LogP contribution in [0.2, 0.25) is 0 Å². The highest BCUT2D eigenvalue weighted by atomic mass is 16.6. The van der Waals surface area contributed by atoms with Gasteiger partial charge in [0.25, 0.3) is 0 Å². The lowest BCUT2D eigenvalue weighted by Gasteiger charge is -2.14. The Hall–Kier alpha value is -3.66. The van der Waals surface area contributed by atoms with Crippen LogP contribution >= 0.6 is 0 Å². The van der Waals surface area contributed by atoms with E-state index in [1.54, 1.807) is 48.5 Å². The highest BCUT2D eigenvalue weighted by Gasteiger charge is 2.18. The summed E-state index contributed by atoms with van der Waals surface area (Å²) in [4.78, 5) is 36.1. The molecule has 7 nitrogen and oxygen atoms in total. The van der Waals surface area contributed by atoms with E-state index in [2.05, 4.69) is 5.32 Å². The summed E-state index contributed by atoms with van der Waals surface area (Å²) in [6.07, 6.45) is -0.497. The monoisotopic (exact) mass is 408 g/mol. The molecule has 0 aromatic heterocycles. The number of anilines is 1. The van der Waals surface area contributed by atoms with Crippen molar-refractivity contribution < 1.29 is 23.9 Å². The third kappa shape index (κ3) is 7.06. The van der Waals surface area contributed by atoms with Crippen molar-refractivity contribution in [2.24, 2.45) is 5.92 Å². The molecule has 1 atom stereocenters. The molecule has 7 heteroatoms. The minimum absolute atomic E-state index is 0.0887. The van der Waals surface area contributed by atoms with Gasteiger partial charge in [-0.25, -0.2) is 4.79 Å². The average molecular weight is 408 g/mol. The lowest BCUT2D eigenvalue weighted by molar-refractivity contribution is -0.149. The highest BCUT2D eigenvalue weighted by Crippen LogP contribution is 2.15. The SMILES string of the molecule is CC(C)CC(=O)Nc1ccc(C(=O)COC(=O)[C@H](C)Oc2ccc(C#N)cc2)cc1. The Bertz CT molecular complexity index is 928. The second-order valence-electron chi connectivity index (χ2n) is 7.15. The molecule has 0 spiro atoms. The van der Waals surface area contributed by atoms with Gasteiger partial charge in [0.15, 0.2) is 18.5 Å². The minimum Gasteiger partial charge on any atom is -0.479 e. The first-order valence-corrected chi connectivity index (χ1v) is 9.55. The number of carbonyl (C=O) groups excluding carboxylic acids is 3. The normalized spacial score (nSPS) is 11.3. The first-order valence-electron chi connectivity index (χ1n) is 9.55. The van der Waals surface area contributed by atoms with E-state index >= 15 is 0 Å². The summed E-state index contributed by atoms with van der Waals surface area (Å²) in [5.74, 6) is -0.461. The molecule has 30 heavy (non-hydrogen) atoms. The molecule has 2 aromatic rings. The van der Waals surface area contributed by atoms with Gasteiger partial charge in [0, 0.05) is 17.7 Å². The van der Waals surface area contributed by atoms with Crippen LogP contribution in [0.25, 0.3) is 0 Å². The Morgan fingerprint density at radius 2 is 1.63 bits per heavy atom. The van der Waals surface area contributed by atoms with E-state index in [0.29, 0.717) is 29.0 Å². The molecule has 0 fully saturated rings. The molecule has 1 N–H and O–H groups in total. The fraction of sp³-hybridized carbons (Fsp3) is 0.304. The van der Waals surface area contributed by atoms with Crippen molar-refractivity contribution in [3.05, 3.63) is 59.7 Å². The summed E-state index contributed by atoms with van der Waals surface area (Å²) in [6.45, 7) is 5.01. The Kier molecular flexibility index (Phi) is 8.12. The van der Waals surface area contributed by atoms with E-state index in [-0.39, 0.29) is 17.6 Å². The molecule has 0 aliphatic carbocycles. The Labute approximate surface area is 175 Å². The van der Waals surface area contributed by atoms with Gasteiger partial charge in [-0.1, -0.05) is 13.8 Å². The van der Waals surface area contributed by atoms with Gasteiger partial charge in [-0.3, -0.25) is 9.59 Å². The summed E-state index contributed by atoms with van der Waals surface area (Å²) in [6, 6.07) is 14.7. The molecule has 0 saturated heterocycles. The number of nitriles is 1. The number of benzene rings is 2. The molecule has 2 rings (SSSR count). The predicted octanol–water partition coefficient (Wildman–Crippen LogP) is 3.74. The van der Waals surface area contributed by atoms with Crippen molar-refractivity contribution in [1.29, 1.82) is 5.26 Å². The van der Waals surface area contributed by atoms with Crippen LogP contribution in [0.3, 0.4) is 0 Å². The Morgan fingerprint density at radius 3 is 2.20 bits per heavy atom. The quantitative estimate of drug-likeness (QED) is 0.501. The number of ether oxygens (including phenoxy) is 2. The molecule has 156 valence electrons. The number of hydrogen-bond acceptors (Lipinski definition) is 6. The zero-order chi connectivity index (χ0) is 22.1. The van der Waals surface area contributed by atoms with Crippen molar-refractivity contribution in [1.82, 2.24) is 0 Å². The number of amides is 1. The highest BCUT2D eigenvalue weighted by molar-refractivity contribution is 5.99. The lowest BCUT2D eigenvalue weighted by Crippen LogP contribution is -2.28. The van der Waals surface area contributed by atoms with Crippen LogP contribution in [0.1, 0.15) is 43.1 Å². The molecule has 0 aliphatic heterocycles. The average Bonchev–Trinajstić information content (AvgIpc) is 2.72. The Morgan fingerprint density at radius 1 is 1.00 bits per heavy atom. The zero-order valence-electron chi connectivity index (χ0n) is 17.2. The standard InChI is InChI=1S/C23H24N2O5/c1-15(2)12-22(27)25-19-8-6-18(7-9-19)21(26)14-29-23(28)16(3)30-20-10-4-17(13-24)5-11-20/h4-11,15-16H,12,14H2,1-3H3,(H,25,27)/t16-/m0/s1. The van der Waals surface area contributed by atoms with E-state index < -0.39 is 18.7 Å². The lowest BCUT2D eigenvalue weighted by atomic mass is 10.1. The van der Waals surface area contributed by atoms with Crippen molar-refractivity contribution in [2.45, 2.75) is 33.3 Å². The number of ketones is 1. The van der Waals surface area contributed by atoms with Gasteiger partial charge in [-0.05, 0) is 61.4 Å². The molecule has 0 saturated carbocycles. The van der Waals surface area contributed by atoms with Gasteiger partial charge < -0.3 is 14.8 Å². The summed E-state index contributed by atoms with van der Waals surface area (Å²) >= 11 is 0. The summed E-state index contributed by atoms with van der Waals surface area (Å²) < 4.78 is 10.5. The number of Topliss-reactive ketones (excluding diaryl/α,β-unsaturated/α-hetero) is 1. The number of nitrogens with zero attached hydrogens (tertiary/aromatic N) is 1. The van der Waals surface area contributed by atoms with Gasteiger partial charge in [-0.15, -0.1) is 0 Å². The van der Waals surface area contributed by atoms with Crippen LogP contribution in [0, 0.1) is 17.2 Å². The van der Waals surface area contributed by atoms with Gasteiger partial charge >= 0.3 is 5.97 Å². The van der Waals surface area contributed by atoms with Crippen LogP contribution in [0.15, 0.2) is 48.5 Å². The number of esters is 1. The van der Waals surface area contributed by atoms with Gasteiger partial charge in [0.05, 0.1) is 11.6 Å². The molecular formula is C23H24N2O5. The zero-order valence-corrected chi connectivity index (χ0v) is 17.2. The van der Waals surface area contributed by atoms with Crippen LogP contribution in [0.5, 0.6) is 5.75 Å². The predicted molar refractivity (Wildman–Crippen MR) is 111 cm³/mol. The van der Waals surface area contributed by atoms with E-state index in [1.807, 2.05) is 19.9 Å². The van der Waals surface area contributed by atoms with Crippen LogP contribution in [-0.4, -0.2) is 30.4 Å². The van der Waals surface area contributed by atoms with E-state index in [9.17, 15) is 14.4 Å². The molecule has 0 unspecified atom stereocenters. The number of nitrogens with one attached hydrogen (secondary N) is 1. The third-order valence-electron chi connectivity index (χ3n) is 4.06. The van der Waals surface area contributed by atoms with Crippen LogP contribution in [0.4, 0.5) is 5.69 Å².